The number of halogens is 3. The molecule has 8 heteroatoms. The van der Waals surface area contributed by atoms with Gasteiger partial charge in [0.15, 0.2) is 0 Å². The van der Waals surface area contributed by atoms with Crippen molar-refractivity contribution in [1.82, 2.24) is 14.8 Å². The standard InChI is InChI=1S/C12H13F3N4O/c13-12(14,15)9(6-16)7-20-11-17-8-19(18-11)10-4-2-1-3-5-10/h1-5,8-9H,6-7,16H2. The number of benzene rings is 1. The fourth-order valence-corrected chi connectivity index (χ4v) is 1.49. The predicted octanol–water partition coefficient (Wildman–Crippen LogP) is 1.78. The first-order chi connectivity index (χ1) is 9.50. The van der Waals surface area contributed by atoms with E-state index >= 15 is 0 Å². The number of ether oxygens (including phenoxy) is 1. The summed E-state index contributed by atoms with van der Waals surface area (Å²) in [7, 11) is 0. The van der Waals surface area contributed by atoms with Crippen molar-refractivity contribution < 1.29 is 17.9 Å². The van der Waals surface area contributed by atoms with Gasteiger partial charge in [0.05, 0.1) is 5.69 Å². The van der Waals surface area contributed by atoms with Crippen molar-refractivity contribution >= 4 is 0 Å². The van der Waals surface area contributed by atoms with E-state index in [1.54, 1.807) is 12.1 Å². The van der Waals surface area contributed by atoms with Crippen molar-refractivity contribution in [2.45, 2.75) is 6.18 Å². The van der Waals surface area contributed by atoms with Gasteiger partial charge in [-0.2, -0.15) is 18.2 Å². The average Bonchev–Trinajstić information content (AvgIpc) is 2.88. The third kappa shape index (κ3) is 3.47. The largest absolute Gasteiger partial charge is 0.462 e. The van der Waals surface area contributed by atoms with Gasteiger partial charge in [0.2, 0.25) is 0 Å². The van der Waals surface area contributed by atoms with E-state index in [4.69, 9.17) is 10.5 Å². The fourth-order valence-electron chi connectivity index (χ4n) is 1.49. The summed E-state index contributed by atoms with van der Waals surface area (Å²) >= 11 is 0. The van der Waals surface area contributed by atoms with E-state index in [1.165, 1.54) is 11.0 Å². The molecule has 1 heterocycles. The summed E-state index contributed by atoms with van der Waals surface area (Å²) in [4.78, 5) is 3.80. The zero-order chi connectivity index (χ0) is 14.6. The molecular weight excluding hydrogens is 273 g/mol. The molecule has 0 aliphatic rings. The second-order valence-electron chi connectivity index (χ2n) is 4.09. The van der Waals surface area contributed by atoms with Crippen LogP contribution in [0, 0.1) is 5.92 Å². The molecule has 108 valence electrons. The highest BCUT2D eigenvalue weighted by Gasteiger charge is 2.39. The molecule has 2 rings (SSSR count). The zero-order valence-electron chi connectivity index (χ0n) is 10.4. The summed E-state index contributed by atoms with van der Waals surface area (Å²) in [6, 6.07) is 8.93. The van der Waals surface area contributed by atoms with Crippen molar-refractivity contribution in [2.24, 2.45) is 11.7 Å². The molecule has 0 fully saturated rings. The van der Waals surface area contributed by atoms with Crippen LogP contribution in [0.3, 0.4) is 0 Å². The molecule has 0 saturated carbocycles. The normalized spacial score (nSPS) is 13.2. The topological polar surface area (TPSA) is 66.0 Å². The SMILES string of the molecule is NCC(COc1ncn(-c2ccccc2)n1)C(F)(F)F. The van der Waals surface area contributed by atoms with Crippen LogP contribution in [0.15, 0.2) is 36.7 Å². The van der Waals surface area contributed by atoms with E-state index in [0.717, 1.165) is 5.69 Å². The van der Waals surface area contributed by atoms with Gasteiger partial charge in [0.25, 0.3) is 0 Å². The highest BCUT2D eigenvalue weighted by atomic mass is 19.4. The number of nitrogens with two attached hydrogens (primary N) is 1. The maximum atomic E-state index is 12.5. The maximum absolute atomic E-state index is 12.5. The van der Waals surface area contributed by atoms with Crippen LogP contribution in [0.1, 0.15) is 0 Å². The number of aromatic nitrogens is 3. The van der Waals surface area contributed by atoms with Crippen molar-refractivity contribution in [3.8, 4) is 11.7 Å². The van der Waals surface area contributed by atoms with Crippen LogP contribution in [0.5, 0.6) is 6.01 Å². The Kier molecular flexibility index (Phi) is 4.23. The van der Waals surface area contributed by atoms with Crippen molar-refractivity contribution in [3.63, 3.8) is 0 Å². The van der Waals surface area contributed by atoms with Gasteiger partial charge in [-0.1, -0.05) is 18.2 Å². The van der Waals surface area contributed by atoms with Crippen molar-refractivity contribution in [3.05, 3.63) is 36.7 Å². The van der Waals surface area contributed by atoms with Crippen LogP contribution in [0.2, 0.25) is 0 Å². The molecule has 0 bridgehead atoms. The van der Waals surface area contributed by atoms with Crippen LogP contribution in [0.4, 0.5) is 13.2 Å². The number of hydrogen-bond acceptors (Lipinski definition) is 4. The van der Waals surface area contributed by atoms with Crippen molar-refractivity contribution in [1.29, 1.82) is 0 Å². The Bertz CT molecular complexity index is 541. The molecule has 1 unspecified atom stereocenters. The van der Waals surface area contributed by atoms with Gasteiger partial charge in [0.1, 0.15) is 18.9 Å². The van der Waals surface area contributed by atoms with Gasteiger partial charge in [-0.05, 0) is 12.1 Å². The molecule has 20 heavy (non-hydrogen) atoms. The number of nitrogens with zero attached hydrogens (tertiary/aromatic N) is 3. The molecule has 0 aliphatic carbocycles. The second kappa shape index (κ2) is 5.91. The number of alkyl halides is 3. The lowest BCUT2D eigenvalue weighted by Gasteiger charge is -2.17. The lowest BCUT2D eigenvalue weighted by atomic mass is 10.1. The average molecular weight is 286 g/mol. The summed E-state index contributed by atoms with van der Waals surface area (Å²) in [6.45, 7) is -1.14. The van der Waals surface area contributed by atoms with Gasteiger partial charge >= 0.3 is 12.2 Å². The number of para-hydroxylation sites is 1. The highest BCUT2D eigenvalue weighted by Crippen LogP contribution is 2.25. The Labute approximate surface area is 113 Å². The van der Waals surface area contributed by atoms with Gasteiger partial charge < -0.3 is 10.5 Å². The Morgan fingerprint density at radius 1 is 1.25 bits per heavy atom. The zero-order valence-corrected chi connectivity index (χ0v) is 10.4. The molecule has 1 atom stereocenters. The molecule has 1 aromatic heterocycles. The first-order valence-electron chi connectivity index (χ1n) is 5.87. The molecule has 2 N–H and O–H groups in total. The van der Waals surface area contributed by atoms with E-state index in [-0.39, 0.29) is 6.01 Å². The van der Waals surface area contributed by atoms with E-state index in [9.17, 15) is 13.2 Å². The summed E-state index contributed by atoms with van der Waals surface area (Å²) in [6.07, 6.45) is -3.02. The van der Waals surface area contributed by atoms with Gasteiger partial charge in [-0.3, -0.25) is 0 Å². The maximum Gasteiger partial charge on any atom is 0.396 e. The highest BCUT2D eigenvalue weighted by molar-refractivity contribution is 5.29. The van der Waals surface area contributed by atoms with Crippen LogP contribution in [-0.4, -0.2) is 34.1 Å². The molecule has 5 nitrogen and oxygen atoms in total. The lowest BCUT2D eigenvalue weighted by Crippen LogP contribution is -2.35. The minimum atomic E-state index is -4.39. The Balaban J connectivity index is 2.00. The number of rotatable bonds is 5. The molecule has 2 aromatic rings. The van der Waals surface area contributed by atoms with E-state index in [2.05, 4.69) is 10.1 Å². The second-order valence-corrected chi connectivity index (χ2v) is 4.09. The van der Waals surface area contributed by atoms with E-state index in [0.29, 0.717) is 0 Å². The summed E-state index contributed by atoms with van der Waals surface area (Å²) in [5.41, 5.74) is 5.81. The first-order valence-corrected chi connectivity index (χ1v) is 5.87. The Morgan fingerprint density at radius 2 is 1.95 bits per heavy atom. The fraction of sp³-hybridized carbons (Fsp3) is 0.333. The molecule has 0 radical (unpaired) electrons. The summed E-state index contributed by atoms with van der Waals surface area (Å²) < 4.78 is 43.8. The predicted molar refractivity (Wildman–Crippen MR) is 65.5 cm³/mol. The number of hydrogen-bond donors (Lipinski definition) is 1. The monoisotopic (exact) mass is 286 g/mol. The Hall–Kier alpha value is -2.09. The third-order valence-corrected chi connectivity index (χ3v) is 2.65. The first kappa shape index (κ1) is 14.3. The molecule has 0 aliphatic heterocycles. The summed E-state index contributed by atoms with van der Waals surface area (Å²) in [5.74, 6) is -1.73. The minimum Gasteiger partial charge on any atom is -0.462 e. The third-order valence-electron chi connectivity index (χ3n) is 2.65. The Morgan fingerprint density at radius 3 is 2.55 bits per heavy atom. The molecule has 0 saturated heterocycles. The van der Waals surface area contributed by atoms with Crippen LogP contribution in [0.25, 0.3) is 5.69 Å². The van der Waals surface area contributed by atoms with E-state index < -0.39 is 25.2 Å². The molecule has 0 spiro atoms. The van der Waals surface area contributed by atoms with Crippen LogP contribution in [-0.2, 0) is 0 Å². The molecule has 1 aromatic carbocycles. The van der Waals surface area contributed by atoms with Crippen molar-refractivity contribution in [2.75, 3.05) is 13.2 Å². The minimum absolute atomic E-state index is 0.114. The quantitative estimate of drug-likeness (QED) is 0.910. The smallest absolute Gasteiger partial charge is 0.396 e. The van der Waals surface area contributed by atoms with Gasteiger partial charge in [0, 0.05) is 6.54 Å². The van der Waals surface area contributed by atoms with Crippen LogP contribution >= 0.6 is 0 Å². The lowest BCUT2D eigenvalue weighted by molar-refractivity contribution is -0.178. The van der Waals surface area contributed by atoms with E-state index in [1.807, 2.05) is 18.2 Å². The van der Waals surface area contributed by atoms with Crippen LogP contribution < -0.4 is 10.5 Å². The summed E-state index contributed by atoms with van der Waals surface area (Å²) in [5, 5.41) is 3.94. The molecule has 0 amide bonds. The van der Waals surface area contributed by atoms with Gasteiger partial charge in [-0.25, -0.2) is 4.68 Å². The van der Waals surface area contributed by atoms with Gasteiger partial charge in [-0.15, -0.1) is 5.10 Å². The molecular formula is C12H13F3N4O.